The lowest BCUT2D eigenvalue weighted by molar-refractivity contribution is -0.114. The summed E-state index contributed by atoms with van der Waals surface area (Å²) in [5, 5.41) is 14.3. The van der Waals surface area contributed by atoms with E-state index in [9.17, 15) is 9.18 Å². The number of carbonyl (C=O) groups excluding carboxylic acids is 1. The molecule has 0 aliphatic carbocycles. The zero-order chi connectivity index (χ0) is 15.2. The van der Waals surface area contributed by atoms with Crippen LogP contribution in [0.3, 0.4) is 0 Å². The summed E-state index contributed by atoms with van der Waals surface area (Å²) < 4.78 is 13.5. The van der Waals surface area contributed by atoms with Crippen molar-refractivity contribution < 1.29 is 9.18 Å². The van der Waals surface area contributed by atoms with Gasteiger partial charge in [-0.05, 0) is 35.9 Å². The molecule has 0 bridgehead atoms. The first-order valence-corrected chi connectivity index (χ1v) is 6.38. The van der Waals surface area contributed by atoms with E-state index in [4.69, 9.17) is 5.26 Å². The number of halogens is 1. The molecule has 1 amide bonds. The molecule has 5 heteroatoms. The largest absolute Gasteiger partial charge is 0.381 e. The van der Waals surface area contributed by atoms with Gasteiger partial charge in [-0.1, -0.05) is 12.1 Å². The number of anilines is 2. The summed E-state index contributed by atoms with van der Waals surface area (Å²) in [5.74, 6) is -0.799. The van der Waals surface area contributed by atoms with Gasteiger partial charge in [0.2, 0.25) is 5.91 Å². The topological polar surface area (TPSA) is 64.9 Å². The molecule has 0 atom stereocenters. The van der Waals surface area contributed by atoms with Crippen LogP contribution < -0.4 is 10.6 Å². The Labute approximate surface area is 122 Å². The smallest absolute Gasteiger partial charge is 0.221 e. The summed E-state index contributed by atoms with van der Waals surface area (Å²) >= 11 is 0. The fraction of sp³-hybridized carbons (Fsp3) is 0.125. The highest BCUT2D eigenvalue weighted by molar-refractivity contribution is 5.89. The van der Waals surface area contributed by atoms with Gasteiger partial charge in [0, 0.05) is 19.2 Å². The Bertz CT molecular complexity index is 690. The third-order valence-corrected chi connectivity index (χ3v) is 2.86. The van der Waals surface area contributed by atoms with Crippen molar-refractivity contribution in [3.63, 3.8) is 0 Å². The van der Waals surface area contributed by atoms with Crippen LogP contribution in [0.4, 0.5) is 15.8 Å². The van der Waals surface area contributed by atoms with Crippen LogP contribution in [-0.4, -0.2) is 5.91 Å². The second kappa shape index (κ2) is 6.53. The zero-order valence-corrected chi connectivity index (χ0v) is 11.5. The Kier molecular flexibility index (Phi) is 4.52. The molecule has 2 aromatic carbocycles. The van der Waals surface area contributed by atoms with E-state index in [-0.39, 0.29) is 11.6 Å². The molecule has 4 nitrogen and oxygen atoms in total. The van der Waals surface area contributed by atoms with Crippen molar-refractivity contribution in [2.24, 2.45) is 0 Å². The molecular weight excluding hydrogens is 269 g/mol. The van der Waals surface area contributed by atoms with Gasteiger partial charge in [-0.15, -0.1) is 0 Å². The van der Waals surface area contributed by atoms with Crippen molar-refractivity contribution in [2.45, 2.75) is 13.5 Å². The van der Waals surface area contributed by atoms with Crippen LogP contribution in [0, 0.1) is 17.1 Å². The number of nitrogens with one attached hydrogen (secondary N) is 2. The van der Waals surface area contributed by atoms with Gasteiger partial charge in [0.15, 0.2) is 0 Å². The summed E-state index contributed by atoms with van der Waals surface area (Å²) in [6.07, 6.45) is 0. The van der Waals surface area contributed by atoms with Crippen molar-refractivity contribution in [3.8, 4) is 6.07 Å². The van der Waals surface area contributed by atoms with E-state index >= 15 is 0 Å². The van der Waals surface area contributed by atoms with Crippen LogP contribution in [0.2, 0.25) is 0 Å². The van der Waals surface area contributed by atoms with Gasteiger partial charge >= 0.3 is 0 Å². The van der Waals surface area contributed by atoms with E-state index < -0.39 is 5.82 Å². The molecule has 0 fully saturated rings. The zero-order valence-electron chi connectivity index (χ0n) is 11.5. The normalized spacial score (nSPS) is 9.76. The Balaban J connectivity index is 2.05. The summed E-state index contributed by atoms with van der Waals surface area (Å²) in [5.41, 5.74) is 2.45. The highest BCUT2D eigenvalue weighted by Crippen LogP contribution is 2.20. The molecule has 0 saturated heterocycles. The second-order valence-corrected chi connectivity index (χ2v) is 4.54. The molecular formula is C16H14FN3O. The molecule has 0 heterocycles. The maximum atomic E-state index is 13.5. The van der Waals surface area contributed by atoms with Gasteiger partial charge in [0.1, 0.15) is 5.82 Å². The lowest BCUT2D eigenvalue weighted by atomic mass is 10.1. The molecule has 21 heavy (non-hydrogen) atoms. The number of hydrogen-bond donors (Lipinski definition) is 2. The first-order chi connectivity index (χ1) is 10.1. The fourth-order valence-corrected chi connectivity index (χ4v) is 1.82. The minimum atomic E-state index is -0.478. The Morgan fingerprint density at radius 1 is 1.24 bits per heavy atom. The lowest BCUT2D eigenvalue weighted by Crippen LogP contribution is -2.08. The van der Waals surface area contributed by atoms with Crippen LogP contribution in [0.15, 0.2) is 42.5 Å². The van der Waals surface area contributed by atoms with Gasteiger partial charge < -0.3 is 10.6 Å². The van der Waals surface area contributed by atoms with Crippen LogP contribution in [0.1, 0.15) is 18.1 Å². The van der Waals surface area contributed by atoms with Crippen molar-refractivity contribution in [1.29, 1.82) is 5.26 Å². The monoisotopic (exact) mass is 283 g/mol. The maximum absolute atomic E-state index is 13.5. The number of amides is 1. The average molecular weight is 283 g/mol. The van der Waals surface area contributed by atoms with Gasteiger partial charge in [0.05, 0.1) is 17.3 Å². The fourth-order valence-electron chi connectivity index (χ4n) is 1.82. The highest BCUT2D eigenvalue weighted by Gasteiger charge is 2.05. The van der Waals surface area contributed by atoms with E-state index in [0.717, 1.165) is 5.56 Å². The summed E-state index contributed by atoms with van der Waals surface area (Å²) in [6, 6.07) is 13.7. The van der Waals surface area contributed by atoms with Gasteiger partial charge in [0.25, 0.3) is 0 Å². The third-order valence-electron chi connectivity index (χ3n) is 2.86. The van der Waals surface area contributed by atoms with Crippen LogP contribution in [-0.2, 0) is 11.3 Å². The van der Waals surface area contributed by atoms with Gasteiger partial charge in [-0.3, -0.25) is 4.79 Å². The molecule has 2 aromatic rings. The summed E-state index contributed by atoms with van der Waals surface area (Å²) in [7, 11) is 0. The highest BCUT2D eigenvalue weighted by atomic mass is 19.1. The van der Waals surface area contributed by atoms with E-state index in [1.165, 1.54) is 13.0 Å². The van der Waals surface area contributed by atoms with Crippen LogP contribution in [0.5, 0.6) is 0 Å². The molecule has 0 aromatic heterocycles. The molecule has 0 aliphatic rings. The van der Waals surface area contributed by atoms with Crippen molar-refractivity contribution in [2.75, 3.05) is 10.6 Å². The van der Waals surface area contributed by atoms with Crippen molar-refractivity contribution in [1.82, 2.24) is 0 Å². The first kappa shape index (κ1) is 14.5. The first-order valence-electron chi connectivity index (χ1n) is 6.38. The molecule has 2 rings (SSSR count). The SMILES string of the molecule is CC(=O)Nc1cc(NCc2ccc(C#N)cc2)ccc1F. The van der Waals surface area contributed by atoms with Crippen molar-refractivity contribution >= 4 is 17.3 Å². The number of nitriles is 1. The van der Waals surface area contributed by atoms with Gasteiger partial charge in [-0.2, -0.15) is 5.26 Å². The van der Waals surface area contributed by atoms with Crippen LogP contribution in [0.25, 0.3) is 0 Å². The second-order valence-electron chi connectivity index (χ2n) is 4.54. The summed E-state index contributed by atoms with van der Waals surface area (Å²) in [6.45, 7) is 1.87. The Hall–Kier alpha value is -2.87. The number of benzene rings is 2. The van der Waals surface area contributed by atoms with Gasteiger partial charge in [-0.25, -0.2) is 4.39 Å². The maximum Gasteiger partial charge on any atom is 0.221 e. The minimum Gasteiger partial charge on any atom is -0.381 e. The third kappa shape index (κ3) is 4.05. The average Bonchev–Trinajstić information content (AvgIpc) is 2.48. The van der Waals surface area contributed by atoms with E-state index in [0.29, 0.717) is 17.8 Å². The molecule has 0 spiro atoms. The predicted molar refractivity (Wildman–Crippen MR) is 79.2 cm³/mol. The molecule has 0 unspecified atom stereocenters. The minimum absolute atomic E-state index is 0.146. The van der Waals surface area contributed by atoms with E-state index in [1.807, 2.05) is 12.1 Å². The standard InChI is InChI=1S/C16H14FN3O/c1-11(21)20-16-8-14(6-7-15(16)17)19-10-13-4-2-12(9-18)3-5-13/h2-8,19H,10H2,1H3,(H,20,21). The number of hydrogen-bond acceptors (Lipinski definition) is 3. The molecule has 2 N–H and O–H groups in total. The molecule has 106 valence electrons. The molecule has 0 saturated carbocycles. The number of rotatable bonds is 4. The lowest BCUT2D eigenvalue weighted by Gasteiger charge is -2.10. The Morgan fingerprint density at radius 2 is 1.95 bits per heavy atom. The number of carbonyl (C=O) groups is 1. The number of nitrogens with zero attached hydrogens (tertiary/aromatic N) is 1. The molecule has 0 aliphatic heterocycles. The molecule has 0 radical (unpaired) electrons. The predicted octanol–water partition coefficient (Wildman–Crippen LogP) is 3.27. The van der Waals surface area contributed by atoms with E-state index in [2.05, 4.69) is 16.7 Å². The quantitative estimate of drug-likeness (QED) is 0.905. The van der Waals surface area contributed by atoms with Crippen molar-refractivity contribution in [3.05, 3.63) is 59.4 Å². The summed E-state index contributed by atoms with van der Waals surface area (Å²) in [4.78, 5) is 11.0. The van der Waals surface area contributed by atoms with Crippen LogP contribution >= 0.6 is 0 Å². The van der Waals surface area contributed by atoms with E-state index in [1.54, 1.807) is 24.3 Å². The Morgan fingerprint density at radius 3 is 2.57 bits per heavy atom.